The summed E-state index contributed by atoms with van der Waals surface area (Å²) >= 11 is 0. The lowest BCUT2D eigenvalue weighted by Gasteiger charge is -2.46. The molecule has 5 aromatic heterocycles. The number of hydrogen-bond donors (Lipinski definition) is 0. The Kier molecular flexibility index (Phi) is 13.1. The lowest BCUT2D eigenvalue weighted by molar-refractivity contribution is 0.569. The Bertz CT molecular complexity index is 7850. The molecular weight excluding hydrogens is 1390 g/mol. The minimum Gasteiger partial charge on any atom is -0.456 e. The van der Waals surface area contributed by atoms with E-state index in [-0.39, 0.29) is 38.2 Å². The molecule has 19 aromatic rings. The molecule has 0 N–H and O–H groups in total. The summed E-state index contributed by atoms with van der Waals surface area (Å²) in [5, 5.41) is 18.1. The summed E-state index contributed by atoms with van der Waals surface area (Å²) in [5.41, 5.74) is 22.9. The van der Waals surface area contributed by atoms with E-state index in [9.17, 15) is 14.9 Å². The summed E-state index contributed by atoms with van der Waals surface area (Å²) < 4.78 is 98.5. The molecule has 9 heteroatoms. The second-order valence-corrected chi connectivity index (χ2v) is 36.5. The van der Waals surface area contributed by atoms with Gasteiger partial charge < -0.3 is 32.0 Å². The van der Waals surface area contributed by atoms with Gasteiger partial charge in [0, 0.05) is 93.8 Å². The molecule has 14 aromatic carbocycles. The first-order valence-electron chi connectivity index (χ1n) is 43.1. The van der Waals surface area contributed by atoms with E-state index in [0.29, 0.717) is 28.1 Å². The van der Waals surface area contributed by atoms with Gasteiger partial charge in [0.1, 0.15) is 44.7 Å². The van der Waals surface area contributed by atoms with Gasteiger partial charge in [0.25, 0.3) is 6.71 Å². The average molecular weight is 1490 g/mol. The van der Waals surface area contributed by atoms with E-state index in [1.807, 2.05) is 54.6 Å². The Morgan fingerprint density at radius 3 is 1.32 bits per heavy atom. The molecule has 0 fully saturated rings. The van der Waals surface area contributed by atoms with E-state index in [0.717, 1.165) is 166 Å². The SMILES string of the molecule is [2H]c1c([2H])c([2H])c2c(c1[2H])c1c([2H])c(C#N)c([2H])c([2H])c1n2-c1ccc2c(c1)N(c1c(-c3cccc4oc5ccccc5c34)cc(C(C)(C)C)c3oc4ccccc4c13)c1cc(C(C)(C)C)cc3c1B2c1cc(-c2cc(C(C)(C)C)cc(C(C)(C)C)c2)ccc1N3c1c(-c2cccc3oc4ccccc4c23)cc(C(C)(C)C)c2oc3ccccc3c12. The van der Waals surface area contributed by atoms with E-state index in [2.05, 4.69) is 277 Å². The molecule has 8 nitrogen and oxygen atoms in total. The first-order chi connectivity index (χ1) is 57.6. The van der Waals surface area contributed by atoms with E-state index >= 15 is 0 Å². The summed E-state index contributed by atoms with van der Waals surface area (Å²) in [6.45, 7) is 33.4. The Morgan fingerprint density at radius 1 is 0.351 bits per heavy atom. The number of benzene rings is 14. The average Bonchev–Trinajstić information content (AvgIpc) is 1.12. The van der Waals surface area contributed by atoms with Crippen LogP contribution >= 0.6 is 0 Å². The predicted molar refractivity (Wildman–Crippen MR) is 478 cm³/mol. The molecule has 21 rings (SSSR count). The maximum Gasteiger partial charge on any atom is 0.252 e. The third kappa shape index (κ3) is 10.3. The van der Waals surface area contributed by atoms with Crippen LogP contribution in [0.5, 0.6) is 0 Å². The Morgan fingerprint density at radius 2 is 0.816 bits per heavy atom. The highest BCUT2D eigenvalue weighted by Crippen LogP contribution is 2.59. The second-order valence-electron chi connectivity index (χ2n) is 36.5. The molecular formula is C105H87BN4O4. The van der Waals surface area contributed by atoms with Gasteiger partial charge in [0.05, 0.1) is 54.4 Å². The Labute approximate surface area is 674 Å². The summed E-state index contributed by atoms with van der Waals surface area (Å²) in [7, 11) is 0. The van der Waals surface area contributed by atoms with Crippen molar-refractivity contribution < 1.29 is 27.3 Å². The molecule has 0 atom stereocenters. The fourth-order valence-electron chi connectivity index (χ4n) is 18.5. The maximum atomic E-state index is 10.8. The van der Waals surface area contributed by atoms with Crippen LogP contribution in [0.3, 0.4) is 0 Å². The lowest BCUT2D eigenvalue weighted by atomic mass is 9.33. The van der Waals surface area contributed by atoms with Gasteiger partial charge in [-0.25, -0.2) is 0 Å². The molecule has 0 amide bonds. The zero-order chi connectivity index (χ0) is 84.4. The van der Waals surface area contributed by atoms with Crippen LogP contribution in [0.4, 0.5) is 34.1 Å². The third-order valence-corrected chi connectivity index (χ3v) is 24.1. The van der Waals surface area contributed by atoms with Crippen LogP contribution < -0.4 is 26.2 Å². The zero-order valence-electron chi connectivity index (χ0n) is 73.7. The Hall–Kier alpha value is -12.8. The first kappa shape index (κ1) is 61.9. The maximum absolute atomic E-state index is 10.8. The van der Waals surface area contributed by atoms with Gasteiger partial charge in [-0.1, -0.05) is 255 Å². The van der Waals surface area contributed by atoms with Crippen molar-refractivity contribution in [2.24, 2.45) is 0 Å². The van der Waals surface area contributed by atoms with Crippen molar-refractivity contribution in [2.75, 3.05) is 9.80 Å². The van der Waals surface area contributed by atoms with E-state index in [1.165, 1.54) is 11.1 Å². The number of nitrogens with zero attached hydrogens (tertiary/aromatic N) is 4. The van der Waals surface area contributed by atoms with Crippen molar-refractivity contribution in [3.8, 4) is 45.1 Å². The molecule has 0 saturated carbocycles. The summed E-state index contributed by atoms with van der Waals surface area (Å²) in [5.74, 6) is 0. The highest BCUT2D eigenvalue weighted by atomic mass is 16.3. The van der Waals surface area contributed by atoms with Crippen molar-refractivity contribution in [2.45, 2.75) is 131 Å². The van der Waals surface area contributed by atoms with E-state index < -0.39 is 65.3 Å². The second kappa shape index (κ2) is 24.1. The van der Waals surface area contributed by atoms with Crippen LogP contribution in [-0.2, 0) is 27.1 Å². The number of rotatable bonds is 6. The fourth-order valence-corrected chi connectivity index (χ4v) is 18.5. The van der Waals surface area contributed by atoms with Gasteiger partial charge in [0.15, 0.2) is 0 Å². The molecule has 2 aliphatic heterocycles. The molecule has 0 spiro atoms. The van der Waals surface area contributed by atoms with Gasteiger partial charge >= 0.3 is 0 Å². The number of anilines is 6. The molecule has 2 aliphatic rings. The monoisotopic (exact) mass is 1490 g/mol. The van der Waals surface area contributed by atoms with Crippen LogP contribution in [0.2, 0.25) is 0 Å². The number of hydrogen-bond acceptors (Lipinski definition) is 7. The normalized spacial score (nSPS) is 14.4. The van der Waals surface area contributed by atoms with Crippen molar-refractivity contribution in [1.29, 1.82) is 5.26 Å². The zero-order valence-corrected chi connectivity index (χ0v) is 66.7. The van der Waals surface area contributed by atoms with E-state index in [4.69, 9.17) is 17.7 Å². The topological polar surface area (TPSA) is 87.8 Å². The van der Waals surface area contributed by atoms with Crippen LogP contribution in [-0.4, -0.2) is 11.3 Å². The number of aromatic nitrogens is 1. The molecule has 0 bridgehead atoms. The minimum absolute atomic E-state index is 0.00431. The van der Waals surface area contributed by atoms with Crippen LogP contribution in [0.1, 0.15) is 147 Å². The standard InChI is InChI=1S/C105H87BN4O4/c1-101(2,3)62-49-61(50-63(52-62)102(4,5)6)60-43-47-82-79(51-60)106-78-45-44-65(108-80-35-21-16-28-66(80)73-48-59(58-107)42-46-81(73)108)55-83(78)110(98-75(68-34-27-41-91-93(68)70-30-18-23-37-87(70)112-91)57-77(105(13,14)15)100-95(98)72-32-20-25-39-89(72)114-100)85-54-64(103(7,8)9)53-84(96(85)106)109(82)97-74(67-33-26-40-90-92(67)69-29-17-22-36-86(69)111-90)56-76(104(10,11)12)99-94(97)71-31-19-24-38-88(71)113-99/h16-57H,1-15H3/i16D,21D,28D,35D,42D,46D,48D. The highest BCUT2D eigenvalue weighted by Gasteiger charge is 2.48. The smallest absolute Gasteiger partial charge is 0.252 e. The highest BCUT2D eigenvalue weighted by molar-refractivity contribution is 7.00. The van der Waals surface area contributed by atoms with E-state index in [1.54, 1.807) is 4.57 Å². The van der Waals surface area contributed by atoms with Crippen molar-refractivity contribution in [1.82, 2.24) is 4.57 Å². The predicted octanol–water partition coefficient (Wildman–Crippen LogP) is 27.8. The molecule has 7 heterocycles. The fraction of sp³-hybridized carbons (Fsp3) is 0.190. The van der Waals surface area contributed by atoms with Gasteiger partial charge in [-0.2, -0.15) is 5.26 Å². The summed E-state index contributed by atoms with van der Waals surface area (Å²) in [6.07, 6.45) is 0. The van der Waals surface area contributed by atoms with Crippen LogP contribution in [0, 0.1) is 11.3 Å². The van der Waals surface area contributed by atoms with Crippen LogP contribution in [0.25, 0.3) is 149 Å². The van der Waals surface area contributed by atoms with Crippen molar-refractivity contribution in [3.63, 3.8) is 0 Å². The van der Waals surface area contributed by atoms with Gasteiger partial charge in [-0.3, -0.25) is 0 Å². The quantitative estimate of drug-likeness (QED) is 0.153. The Balaban J connectivity index is 1.00. The van der Waals surface area contributed by atoms with Gasteiger partial charge in [-0.15, -0.1) is 0 Å². The third-order valence-electron chi connectivity index (χ3n) is 24.1. The number of para-hydroxylation sites is 5. The lowest BCUT2D eigenvalue weighted by Crippen LogP contribution is -2.61. The van der Waals surface area contributed by atoms with Crippen molar-refractivity contribution in [3.05, 3.63) is 288 Å². The summed E-state index contributed by atoms with van der Waals surface area (Å²) in [4.78, 5) is 5.01. The number of nitriles is 1. The number of furan rings is 4. The first-order valence-corrected chi connectivity index (χ1v) is 39.6. The molecule has 0 radical (unpaired) electrons. The van der Waals surface area contributed by atoms with Gasteiger partial charge in [0.2, 0.25) is 0 Å². The largest absolute Gasteiger partial charge is 0.456 e. The number of fused-ring (bicyclic) bond motifs is 19. The molecule has 0 saturated heterocycles. The minimum atomic E-state index is -0.622. The summed E-state index contributed by atoms with van der Waals surface area (Å²) in [6, 6.07) is 74.8. The van der Waals surface area contributed by atoms with Crippen molar-refractivity contribution >= 4 is 167 Å². The molecule has 0 aliphatic carbocycles. The molecule has 114 heavy (non-hydrogen) atoms. The molecule has 554 valence electrons. The van der Waals surface area contributed by atoms with Crippen LogP contribution in [0.15, 0.2) is 272 Å². The van der Waals surface area contributed by atoms with Gasteiger partial charge in [-0.05, 0) is 185 Å². The molecule has 0 unspecified atom stereocenters.